The van der Waals surface area contributed by atoms with E-state index in [0.29, 0.717) is 5.56 Å². The van der Waals surface area contributed by atoms with E-state index in [4.69, 9.17) is 0 Å². The summed E-state index contributed by atoms with van der Waals surface area (Å²) in [5.41, 5.74) is 2.74. The third kappa shape index (κ3) is 2.44. The molecule has 0 aliphatic carbocycles. The molecular weight excluding hydrogens is 346 g/mol. The second kappa shape index (κ2) is 6.11. The van der Waals surface area contributed by atoms with Gasteiger partial charge in [0.05, 0.1) is 10.9 Å². The van der Waals surface area contributed by atoms with Crippen molar-refractivity contribution in [3.63, 3.8) is 0 Å². The topological polar surface area (TPSA) is 54.5 Å². The SMILES string of the molecule is Cc1cccc2c1C(=O)N(S(=O)(=O)c1ccccc1)C2c1ccccc1. The predicted molar refractivity (Wildman–Crippen MR) is 99.3 cm³/mol. The summed E-state index contributed by atoms with van der Waals surface area (Å²) >= 11 is 0. The Kier molecular flexibility index (Phi) is 3.89. The van der Waals surface area contributed by atoms with Gasteiger partial charge in [-0.25, -0.2) is 12.7 Å². The van der Waals surface area contributed by atoms with Gasteiger partial charge in [-0.05, 0) is 35.7 Å². The van der Waals surface area contributed by atoms with E-state index in [2.05, 4.69) is 0 Å². The summed E-state index contributed by atoms with van der Waals surface area (Å²) in [7, 11) is -3.99. The zero-order chi connectivity index (χ0) is 18.3. The summed E-state index contributed by atoms with van der Waals surface area (Å²) < 4.78 is 27.7. The molecule has 0 fully saturated rings. The van der Waals surface area contributed by atoms with Crippen molar-refractivity contribution in [3.8, 4) is 0 Å². The lowest BCUT2D eigenvalue weighted by molar-refractivity contribution is 0.0864. The largest absolute Gasteiger partial charge is 0.269 e. The lowest BCUT2D eigenvalue weighted by Crippen LogP contribution is -2.35. The number of hydrogen-bond acceptors (Lipinski definition) is 3. The molecule has 0 radical (unpaired) electrons. The first-order chi connectivity index (χ1) is 12.5. The van der Waals surface area contributed by atoms with Crippen molar-refractivity contribution in [3.05, 3.63) is 101 Å². The second-order valence-corrected chi connectivity index (χ2v) is 8.09. The van der Waals surface area contributed by atoms with Gasteiger partial charge in [-0.15, -0.1) is 0 Å². The van der Waals surface area contributed by atoms with Crippen LogP contribution in [0.25, 0.3) is 0 Å². The minimum Gasteiger partial charge on any atom is -0.268 e. The third-order valence-electron chi connectivity index (χ3n) is 4.66. The quantitative estimate of drug-likeness (QED) is 0.708. The molecule has 4 rings (SSSR count). The molecule has 0 aromatic heterocycles. The Morgan fingerprint density at radius 1 is 0.808 bits per heavy atom. The molecule has 0 spiro atoms. The number of aryl methyl sites for hydroxylation is 1. The highest BCUT2D eigenvalue weighted by atomic mass is 32.2. The van der Waals surface area contributed by atoms with Crippen LogP contribution >= 0.6 is 0 Å². The van der Waals surface area contributed by atoms with Crippen LogP contribution in [0.15, 0.2) is 83.8 Å². The number of fused-ring (bicyclic) bond motifs is 1. The Hall–Kier alpha value is -2.92. The fourth-order valence-corrected chi connectivity index (χ4v) is 5.02. The van der Waals surface area contributed by atoms with Crippen LogP contribution in [0.4, 0.5) is 0 Å². The molecule has 1 aliphatic heterocycles. The summed E-state index contributed by atoms with van der Waals surface area (Å²) in [6.07, 6.45) is 0. The maximum Gasteiger partial charge on any atom is 0.269 e. The standard InChI is InChI=1S/C21H17NO3S/c1-15-9-8-14-18-19(15)21(23)22(20(18)16-10-4-2-5-11-16)26(24,25)17-12-6-3-7-13-17/h2-14,20H,1H3. The van der Waals surface area contributed by atoms with Crippen molar-refractivity contribution in [2.75, 3.05) is 0 Å². The van der Waals surface area contributed by atoms with Crippen LogP contribution in [0.5, 0.6) is 0 Å². The van der Waals surface area contributed by atoms with Gasteiger partial charge < -0.3 is 0 Å². The Balaban J connectivity index is 1.97. The molecule has 3 aromatic carbocycles. The smallest absolute Gasteiger partial charge is 0.268 e. The molecular formula is C21H17NO3S. The first-order valence-corrected chi connectivity index (χ1v) is 9.74. The highest BCUT2D eigenvalue weighted by molar-refractivity contribution is 7.89. The fourth-order valence-electron chi connectivity index (χ4n) is 3.47. The number of rotatable bonds is 3. The summed E-state index contributed by atoms with van der Waals surface area (Å²) in [6, 6.07) is 22.2. The van der Waals surface area contributed by atoms with Crippen LogP contribution in [-0.2, 0) is 10.0 Å². The van der Waals surface area contributed by atoms with E-state index in [0.717, 1.165) is 21.0 Å². The van der Waals surface area contributed by atoms with Gasteiger partial charge in [0.2, 0.25) is 0 Å². The van der Waals surface area contributed by atoms with Crippen molar-refractivity contribution in [2.24, 2.45) is 0 Å². The molecule has 3 aromatic rings. The molecule has 5 heteroatoms. The number of carbonyl (C=O) groups is 1. The van der Waals surface area contributed by atoms with Crippen molar-refractivity contribution in [2.45, 2.75) is 17.9 Å². The number of carbonyl (C=O) groups excluding carboxylic acids is 1. The molecule has 0 saturated carbocycles. The van der Waals surface area contributed by atoms with Gasteiger partial charge in [0.25, 0.3) is 15.9 Å². The summed E-state index contributed by atoms with van der Waals surface area (Å²) in [6.45, 7) is 1.83. The molecule has 1 unspecified atom stereocenters. The highest BCUT2D eigenvalue weighted by Gasteiger charge is 2.45. The predicted octanol–water partition coefficient (Wildman–Crippen LogP) is 3.93. The summed E-state index contributed by atoms with van der Waals surface area (Å²) in [4.78, 5) is 13.3. The van der Waals surface area contributed by atoms with Crippen LogP contribution in [0.2, 0.25) is 0 Å². The van der Waals surface area contributed by atoms with E-state index in [1.165, 1.54) is 12.1 Å². The van der Waals surface area contributed by atoms with Crippen molar-refractivity contribution >= 4 is 15.9 Å². The Morgan fingerprint density at radius 2 is 1.42 bits per heavy atom. The van der Waals surface area contributed by atoms with E-state index in [1.54, 1.807) is 18.2 Å². The lowest BCUT2D eigenvalue weighted by Gasteiger charge is -2.25. The van der Waals surface area contributed by atoms with Crippen LogP contribution in [0.1, 0.15) is 33.1 Å². The Labute approximate surface area is 152 Å². The molecule has 4 nitrogen and oxygen atoms in total. The van der Waals surface area contributed by atoms with Crippen LogP contribution in [0, 0.1) is 6.92 Å². The average molecular weight is 363 g/mol. The van der Waals surface area contributed by atoms with E-state index in [9.17, 15) is 13.2 Å². The van der Waals surface area contributed by atoms with Gasteiger partial charge in [0.15, 0.2) is 0 Å². The maximum absolute atomic E-state index is 13.3. The van der Waals surface area contributed by atoms with Crippen molar-refractivity contribution < 1.29 is 13.2 Å². The number of amides is 1. The van der Waals surface area contributed by atoms with Crippen LogP contribution in [-0.4, -0.2) is 18.6 Å². The van der Waals surface area contributed by atoms with E-state index >= 15 is 0 Å². The third-order valence-corrected chi connectivity index (χ3v) is 6.43. The molecule has 1 amide bonds. The van der Waals surface area contributed by atoms with Gasteiger partial charge in [-0.1, -0.05) is 66.7 Å². The summed E-state index contributed by atoms with van der Waals surface area (Å²) in [5.74, 6) is -0.476. The van der Waals surface area contributed by atoms with Gasteiger partial charge in [-0.3, -0.25) is 4.79 Å². The zero-order valence-electron chi connectivity index (χ0n) is 14.2. The zero-order valence-corrected chi connectivity index (χ0v) is 15.0. The second-order valence-electron chi connectivity index (χ2n) is 6.27. The first-order valence-electron chi connectivity index (χ1n) is 8.30. The Bertz CT molecular complexity index is 1080. The van der Waals surface area contributed by atoms with Gasteiger partial charge >= 0.3 is 0 Å². The molecule has 130 valence electrons. The van der Waals surface area contributed by atoms with Crippen LogP contribution in [0.3, 0.4) is 0 Å². The van der Waals surface area contributed by atoms with Gasteiger partial charge in [0.1, 0.15) is 0 Å². The molecule has 26 heavy (non-hydrogen) atoms. The fraction of sp³-hybridized carbons (Fsp3) is 0.0952. The molecule has 0 saturated heterocycles. The van der Waals surface area contributed by atoms with E-state index in [-0.39, 0.29) is 4.90 Å². The maximum atomic E-state index is 13.3. The molecule has 1 atom stereocenters. The minimum atomic E-state index is -3.99. The van der Waals surface area contributed by atoms with Gasteiger partial charge in [0, 0.05) is 5.56 Å². The number of hydrogen-bond donors (Lipinski definition) is 0. The number of nitrogens with zero attached hydrogens (tertiary/aromatic N) is 1. The monoisotopic (exact) mass is 363 g/mol. The van der Waals surface area contributed by atoms with E-state index in [1.807, 2.05) is 55.5 Å². The minimum absolute atomic E-state index is 0.111. The molecule has 0 bridgehead atoms. The number of sulfonamides is 1. The molecule has 1 aliphatic rings. The lowest BCUT2D eigenvalue weighted by atomic mass is 9.96. The summed E-state index contributed by atoms with van der Waals surface area (Å²) in [5, 5.41) is 0. The molecule has 1 heterocycles. The van der Waals surface area contributed by atoms with E-state index < -0.39 is 22.0 Å². The van der Waals surface area contributed by atoms with Gasteiger partial charge in [-0.2, -0.15) is 0 Å². The average Bonchev–Trinajstić information content (AvgIpc) is 2.98. The normalized spacial score (nSPS) is 16.6. The highest BCUT2D eigenvalue weighted by Crippen LogP contribution is 2.42. The van der Waals surface area contributed by atoms with Crippen molar-refractivity contribution in [1.29, 1.82) is 0 Å². The first kappa shape index (κ1) is 16.5. The van der Waals surface area contributed by atoms with Crippen molar-refractivity contribution in [1.82, 2.24) is 4.31 Å². The van der Waals surface area contributed by atoms with Crippen LogP contribution < -0.4 is 0 Å². The molecule has 0 N–H and O–H groups in total. The number of benzene rings is 3. The Morgan fingerprint density at radius 3 is 2.08 bits per heavy atom.